The van der Waals surface area contributed by atoms with E-state index in [4.69, 9.17) is 5.26 Å². The summed E-state index contributed by atoms with van der Waals surface area (Å²) in [6.45, 7) is 2.08. The quantitative estimate of drug-likeness (QED) is 0.733. The summed E-state index contributed by atoms with van der Waals surface area (Å²) in [7, 11) is 0. The summed E-state index contributed by atoms with van der Waals surface area (Å²) >= 11 is 0. The van der Waals surface area contributed by atoms with Crippen molar-refractivity contribution in [2.45, 2.75) is 13.3 Å². The first-order valence-electron chi connectivity index (χ1n) is 8.18. The second-order valence-electron chi connectivity index (χ2n) is 5.57. The number of para-hydroxylation sites is 1. The summed E-state index contributed by atoms with van der Waals surface area (Å²) in [6, 6.07) is 16.7. The number of nitriles is 1. The van der Waals surface area contributed by atoms with Crippen LogP contribution in [0.2, 0.25) is 0 Å². The molecule has 0 saturated carbocycles. The van der Waals surface area contributed by atoms with Crippen LogP contribution in [0.15, 0.2) is 60.9 Å². The Bertz CT molecular complexity index is 960. The Balaban J connectivity index is 1.70. The Kier molecular flexibility index (Phi) is 5.20. The zero-order valence-electron chi connectivity index (χ0n) is 14.2. The average molecular weight is 343 g/mol. The lowest BCUT2D eigenvalue weighted by Gasteiger charge is -2.10. The minimum absolute atomic E-state index is 0.196. The molecule has 0 aliphatic rings. The number of carbonyl (C=O) groups excluding carboxylic acids is 1. The summed E-state index contributed by atoms with van der Waals surface area (Å²) < 4.78 is 0. The molecule has 1 heterocycles. The molecule has 26 heavy (non-hydrogen) atoms. The van der Waals surface area contributed by atoms with E-state index >= 15 is 0 Å². The molecule has 1 amide bonds. The van der Waals surface area contributed by atoms with Crippen molar-refractivity contribution in [1.82, 2.24) is 9.97 Å². The van der Waals surface area contributed by atoms with Gasteiger partial charge in [0.05, 0.1) is 24.0 Å². The van der Waals surface area contributed by atoms with Gasteiger partial charge in [0.15, 0.2) is 0 Å². The fourth-order valence-corrected chi connectivity index (χ4v) is 2.46. The van der Waals surface area contributed by atoms with Crippen molar-refractivity contribution in [3.05, 3.63) is 77.7 Å². The van der Waals surface area contributed by atoms with Crippen LogP contribution in [0.25, 0.3) is 0 Å². The van der Waals surface area contributed by atoms with Gasteiger partial charge in [-0.25, -0.2) is 9.97 Å². The molecular weight excluding hydrogens is 326 g/mol. The number of hydrogen-bond donors (Lipinski definition) is 2. The number of nitrogens with zero attached hydrogens (tertiary/aromatic N) is 3. The van der Waals surface area contributed by atoms with Crippen molar-refractivity contribution in [3.63, 3.8) is 0 Å². The molecule has 128 valence electrons. The van der Waals surface area contributed by atoms with Gasteiger partial charge in [-0.15, -0.1) is 0 Å². The molecule has 0 aliphatic carbocycles. The smallest absolute Gasteiger partial charge is 0.275 e. The number of hydrogen-bond acceptors (Lipinski definition) is 5. The molecule has 3 rings (SSSR count). The maximum atomic E-state index is 12.3. The molecule has 0 bridgehead atoms. The van der Waals surface area contributed by atoms with Crippen molar-refractivity contribution in [2.75, 3.05) is 10.6 Å². The predicted molar refractivity (Wildman–Crippen MR) is 100 cm³/mol. The van der Waals surface area contributed by atoms with Gasteiger partial charge < -0.3 is 10.6 Å². The van der Waals surface area contributed by atoms with Crippen LogP contribution in [0.5, 0.6) is 0 Å². The van der Waals surface area contributed by atoms with E-state index in [-0.39, 0.29) is 11.6 Å². The first-order chi connectivity index (χ1) is 12.7. The van der Waals surface area contributed by atoms with Gasteiger partial charge >= 0.3 is 0 Å². The summed E-state index contributed by atoms with van der Waals surface area (Å²) in [5, 5.41) is 14.8. The highest BCUT2D eigenvalue weighted by molar-refractivity contribution is 6.02. The highest BCUT2D eigenvalue weighted by Crippen LogP contribution is 2.19. The maximum Gasteiger partial charge on any atom is 0.275 e. The van der Waals surface area contributed by atoms with Crippen molar-refractivity contribution < 1.29 is 4.79 Å². The number of amides is 1. The molecule has 0 aliphatic heterocycles. The SMILES string of the molecule is CCc1ccccc1Nc1cnc(C(=O)Nc2cccc(C#N)c2)cn1. The predicted octanol–water partition coefficient (Wildman–Crippen LogP) is 3.91. The third kappa shape index (κ3) is 4.02. The van der Waals surface area contributed by atoms with Gasteiger partial charge in [0.1, 0.15) is 11.5 Å². The lowest BCUT2D eigenvalue weighted by Crippen LogP contribution is -2.14. The second-order valence-corrected chi connectivity index (χ2v) is 5.57. The maximum absolute atomic E-state index is 12.3. The highest BCUT2D eigenvalue weighted by atomic mass is 16.1. The average Bonchev–Trinajstić information content (AvgIpc) is 2.69. The lowest BCUT2D eigenvalue weighted by molar-refractivity contribution is 0.102. The molecule has 3 aromatic rings. The van der Waals surface area contributed by atoms with Crippen molar-refractivity contribution in [2.24, 2.45) is 0 Å². The second kappa shape index (κ2) is 7.90. The van der Waals surface area contributed by atoms with Gasteiger partial charge in [-0.2, -0.15) is 5.26 Å². The van der Waals surface area contributed by atoms with Crippen LogP contribution in [0, 0.1) is 11.3 Å². The van der Waals surface area contributed by atoms with E-state index in [0.29, 0.717) is 17.1 Å². The Labute approximate surface area is 151 Å². The first kappa shape index (κ1) is 17.1. The molecule has 6 heteroatoms. The molecule has 2 N–H and O–H groups in total. The highest BCUT2D eigenvalue weighted by Gasteiger charge is 2.09. The minimum atomic E-state index is -0.381. The number of anilines is 3. The molecule has 2 aromatic carbocycles. The Morgan fingerprint density at radius 3 is 2.69 bits per heavy atom. The minimum Gasteiger partial charge on any atom is -0.339 e. The van der Waals surface area contributed by atoms with Crippen LogP contribution in [0.1, 0.15) is 28.5 Å². The lowest BCUT2D eigenvalue weighted by atomic mass is 10.1. The van der Waals surface area contributed by atoms with E-state index in [1.165, 1.54) is 18.0 Å². The van der Waals surface area contributed by atoms with Crippen LogP contribution in [-0.2, 0) is 6.42 Å². The molecule has 1 aromatic heterocycles. The molecule has 0 saturated heterocycles. The van der Waals surface area contributed by atoms with Gasteiger partial charge in [0, 0.05) is 11.4 Å². The Morgan fingerprint density at radius 2 is 1.96 bits per heavy atom. The van der Waals surface area contributed by atoms with E-state index in [9.17, 15) is 4.79 Å². The van der Waals surface area contributed by atoms with E-state index in [1.54, 1.807) is 24.3 Å². The topological polar surface area (TPSA) is 90.7 Å². The molecule has 0 unspecified atom stereocenters. The summed E-state index contributed by atoms with van der Waals surface area (Å²) in [4.78, 5) is 20.7. The normalized spacial score (nSPS) is 10.0. The van der Waals surface area contributed by atoms with E-state index in [0.717, 1.165) is 12.1 Å². The van der Waals surface area contributed by atoms with Gasteiger partial charge in [-0.3, -0.25) is 4.79 Å². The number of aromatic nitrogens is 2. The van der Waals surface area contributed by atoms with Gasteiger partial charge in [0.25, 0.3) is 5.91 Å². The van der Waals surface area contributed by atoms with Crippen molar-refractivity contribution in [1.29, 1.82) is 5.26 Å². The largest absolute Gasteiger partial charge is 0.339 e. The van der Waals surface area contributed by atoms with Crippen LogP contribution in [-0.4, -0.2) is 15.9 Å². The zero-order chi connectivity index (χ0) is 18.4. The molecule has 0 atom stereocenters. The zero-order valence-corrected chi connectivity index (χ0v) is 14.2. The van der Waals surface area contributed by atoms with E-state index in [2.05, 4.69) is 27.5 Å². The van der Waals surface area contributed by atoms with Gasteiger partial charge in [-0.05, 0) is 36.2 Å². The third-order valence-corrected chi connectivity index (χ3v) is 3.80. The van der Waals surface area contributed by atoms with Crippen molar-refractivity contribution in [3.8, 4) is 6.07 Å². The first-order valence-corrected chi connectivity index (χ1v) is 8.18. The molecular formula is C20H17N5O. The molecule has 0 radical (unpaired) electrons. The molecule has 0 fully saturated rings. The number of rotatable bonds is 5. The molecule has 0 spiro atoms. The fourth-order valence-electron chi connectivity index (χ4n) is 2.46. The standard InChI is InChI=1S/C20H17N5O/c1-2-15-7-3-4-9-17(15)25-19-13-22-18(12-23-19)20(26)24-16-8-5-6-14(10-16)11-21/h3-10,12-13H,2H2,1H3,(H,23,25)(H,24,26). The summed E-state index contributed by atoms with van der Waals surface area (Å²) in [6.07, 6.45) is 3.84. The number of carbonyl (C=O) groups is 1. The number of aryl methyl sites for hydroxylation is 1. The number of benzene rings is 2. The number of nitrogens with one attached hydrogen (secondary N) is 2. The van der Waals surface area contributed by atoms with Crippen molar-refractivity contribution >= 4 is 23.1 Å². The third-order valence-electron chi connectivity index (χ3n) is 3.80. The summed E-state index contributed by atoms with van der Waals surface area (Å²) in [5.41, 5.74) is 3.35. The van der Waals surface area contributed by atoms with Gasteiger partial charge in [-0.1, -0.05) is 31.2 Å². The van der Waals surface area contributed by atoms with Crippen LogP contribution < -0.4 is 10.6 Å². The van der Waals surface area contributed by atoms with Gasteiger partial charge in [0.2, 0.25) is 0 Å². The fraction of sp³-hybridized carbons (Fsp3) is 0.100. The summed E-state index contributed by atoms with van der Waals surface area (Å²) in [5.74, 6) is 0.182. The Morgan fingerprint density at radius 1 is 1.12 bits per heavy atom. The van der Waals surface area contributed by atoms with E-state index in [1.807, 2.05) is 30.3 Å². The van der Waals surface area contributed by atoms with Crippen LogP contribution in [0.3, 0.4) is 0 Å². The molecule has 6 nitrogen and oxygen atoms in total. The monoisotopic (exact) mass is 343 g/mol. The Hall–Kier alpha value is -3.72. The van der Waals surface area contributed by atoms with E-state index < -0.39 is 0 Å². The van der Waals surface area contributed by atoms with Crippen LogP contribution >= 0.6 is 0 Å². The van der Waals surface area contributed by atoms with Crippen LogP contribution in [0.4, 0.5) is 17.2 Å².